The van der Waals surface area contributed by atoms with Crippen LogP contribution in [0.1, 0.15) is 75.6 Å². The number of hydrogen-bond acceptors (Lipinski definition) is 4. The molecule has 2 amide bonds. The van der Waals surface area contributed by atoms with Crippen LogP contribution in [0.25, 0.3) is 0 Å². The van der Waals surface area contributed by atoms with Gasteiger partial charge in [0, 0.05) is 0 Å². The molecule has 1 fully saturated rings. The highest BCUT2D eigenvalue weighted by molar-refractivity contribution is 6.05. The normalized spacial score (nSPS) is 16.2. The van der Waals surface area contributed by atoms with E-state index in [1.807, 2.05) is 149 Å². The largest absolute Gasteiger partial charge is 0.378 e. The summed E-state index contributed by atoms with van der Waals surface area (Å²) in [7, 11) is 0. The summed E-state index contributed by atoms with van der Waals surface area (Å²) < 4.78 is 0. The van der Waals surface area contributed by atoms with E-state index in [4.69, 9.17) is 5.73 Å². The van der Waals surface area contributed by atoms with E-state index >= 15 is 4.79 Å². The smallest absolute Gasteiger partial charge is 0.239 e. The Kier molecular flexibility index (Phi) is 10.0. The minimum atomic E-state index is -1.73. The summed E-state index contributed by atoms with van der Waals surface area (Å²) >= 11 is 0. The van der Waals surface area contributed by atoms with Gasteiger partial charge in [0.2, 0.25) is 11.8 Å². The molecule has 4 N–H and O–H groups in total. The molecule has 6 nitrogen and oxygen atoms in total. The Labute approximate surface area is 279 Å². The van der Waals surface area contributed by atoms with Crippen LogP contribution in [0, 0.1) is 17.3 Å². The summed E-state index contributed by atoms with van der Waals surface area (Å²) in [5.74, 6) is -1.79. The third kappa shape index (κ3) is 6.01. The maximum absolute atomic E-state index is 15.6. The van der Waals surface area contributed by atoms with E-state index in [2.05, 4.69) is 0 Å². The van der Waals surface area contributed by atoms with E-state index in [-0.39, 0.29) is 11.8 Å². The van der Waals surface area contributed by atoms with Gasteiger partial charge >= 0.3 is 0 Å². The second kappa shape index (κ2) is 13.8. The summed E-state index contributed by atoms with van der Waals surface area (Å²) in [5, 5.41) is 26.8. The fourth-order valence-corrected chi connectivity index (χ4v) is 8.01. The number of primary amides is 1. The minimum absolute atomic E-state index is 0.317. The highest BCUT2D eigenvalue weighted by Gasteiger charge is 2.59. The van der Waals surface area contributed by atoms with Crippen molar-refractivity contribution in [1.29, 1.82) is 0 Å². The highest BCUT2D eigenvalue weighted by atomic mass is 16.3. The van der Waals surface area contributed by atoms with E-state index in [1.54, 1.807) is 4.90 Å². The third-order valence-electron chi connectivity index (χ3n) is 10.1. The average Bonchev–Trinajstić information content (AvgIpc) is 3.60. The second-order valence-corrected chi connectivity index (χ2v) is 13.7. The van der Waals surface area contributed by atoms with Crippen LogP contribution in [0.4, 0.5) is 0 Å². The van der Waals surface area contributed by atoms with Crippen LogP contribution in [0.5, 0.6) is 0 Å². The molecule has 5 rings (SSSR count). The maximum atomic E-state index is 15.6. The van der Waals surface area contributed by atoms with E-state index < -0.39 is 40.5 Å². The van der Waals surface area contributed by atoms with Crippen LogP contribution in [-0.2, 0) is 20.8 Å². The molecule has 6 heteroatoms. The lowest BCUT2D eigenvalue weighted by Crippen LogP contribution is -2.68. The van der Waals surface area contributed by atoms with Crippen molar-refractivity contribution in [2.45, 2.75) is 76.7 Å². The predicted octanol–water partition coefficient (Wildman–Crippen LogP) is 6.78. The molecule has 0 aromatic heterocycles. The van der Waals surface area contributed by atoms with E-state index in [9.17, 15) is 15.0 Å². The van der Waals surface area contributed by atoms with Gasteiger partial charge in [-0.15, -0.1) is 0 Å². The fourth-order valence-electron chi connectivity index (χ4n) is 8.01. The summed E-state index contributed by atoms with van der Waals surface area (Å²) in [6.07, 6.45) is 2.00. The molecule has 0 spiro atoms. The predicted molar refractivity (Wildman–Crippen MR) is 186 cm³/mol. The number of rotatable bonds is 12. The molecule has 1 saturated carbocycles. The minimum Gasteiger partial charge on any atom is -0.378 e. The van der Waals surface area contributed by atoms with Crippen molar-refractivity contribution in [3.05, 3.63) is 144 Å². The van der Waals surface area contributed by atoms with Crippen molar-refractivity contribution in [3.63, 3.8) is 0 Å². The zero-order valence-corrected chi connectivity index (χ0v) is 27.9. The lowest BCUT2D eigenvalue weighted by molar-refractivity contribution is -0.173. The van der Waals surface area contributed by atoms with Crippen LogP contribution >= 0.6 is 0 Å². The first-order chi connectivity index (χ1) is 22.5. The summed E-state index contributed by atoms with van der Waals surface area (Å²) in [4.78, 5) is 30.8. The quantitative estimate of drug-likeness (QED) is 0.150. The Hall–Kier alpha value is -4.26. The Morgan fingerprint density at radius 1 is 0.596 bits per heavy atom. The summed E-state index contributed by atoms with van der Waals surface area (Å²) in [6, 6.07) is 35.7. The van der Waals surface area contributed by atoms with Gasteiger partial charge in [0.25, 0.3) is 0 Å². The number of nitrogens with zero attached hydrogens (tertiary/aromatic N) is 1. The van der Waals surface area contributed by atoms with Crippen molar-refractivity contribution in [2.75, 3.05) is 0 Å². The molecule has 0 radical (unpaired) electrons. The SMILES string of the molecule is CC(C)[C@@H](N(C(=O)C1(C(N)=O)CCCC1)[C@H](C(C)C)C(O)(c1ccccc1)c1ccccc1)C(O)(c1ccccc1)c1ccccc1. The Bertz CT molecular complexity index is 1440. The van der Waals surface area contributed by atoms with Crippen molar-refractivity contribution in [3.8, 4) is 0 Å². The van der Waals surface area contributed by atoms with Crippen LogP contribution < -0.4 is 5.73 Å². The van der Waals surface area contributed by atoms with Crippen LogP contribution in [-0.4, -0.2) is 39.0 Å². The van der Waals surface area contributed by atoms with Gasteiger partial charge < -0.3 is 20.8 Å². The molecule has 0 unspecified atom stereocenters. The van der Waals surface area contributed by atoms with Gasteiger partial charge in [-0.25, -0.2) is 0 Å². The van der Waals surface area contributed by atoms with Crippen LogP contribution in [0.3, 0.4) is 0 Å². The molecular formula is C41H48N2O4. The Morgan fingerprint density at radius 2 is 0.872 bits per heavy atom. The second-order valence-electron chi connectivity index (χ2n) is 13.7. The van der Waals surface area contributed by atoms with Gasteiger partial charge in [-0.2, -0.15) is 0 Å². The van der Waals surface area contributed by atoms with Gasteiger partial charge in [-0.3, -0.25) is 9.59 Å². The Balaban J connectivity index is 1.90. The highest BCUT2D eigenvalue weighted by Crippen LogP contribution is 2.49. The standard InChI is InChI=1S/C41H48N2O4/c1-29(2)35(40(46,31-19-9-5-10-20-31)32-21-11-6-12-22-32)43(38(45)39(37(42)44)27-17-18-28-39)36(30(3)4)41(47,33-23-13-7-14-24-33)34-25-15-8-16-26-34/h5-16,19-26,29-30,35-36,46-47H,17-18,27-28H2,1-4H3,(H2,42,44)/t35-,36-/m1/s1. The number of nitrogens with two attached hydrogens (primary N) is 1. The van der Waals surface area contributed by atoms with Gasteiger partial charge in [-0.05, 0) is 46.9 Å². The van der Waals surface area contributed by atoms with Gasteiger partial charge in [0.15, 0.2) is 0 Å². The molecule has 4 aromatic rings. The average molecular weight is 633 g/mol. The monoisotopic (exact) mass is 632 g/mol. The zero-order valence-electron chi connectivity index (χ0n) is 27.9. The number of benzene rings is 4. The molecule has 4 aromatic carbocycles. The van der Waals surface area contributed by atoms with Crippen LogP contribution in [0.15, 0.2) is 121 Å². The Morgan fingerprint density at radius 3 is 1.11 bits per heavy atom. The lowest BCUT2D eigenvalue weighted by Gasteiger charge is -2.55. The molecular weight excluding hydrogens is 584 g/mol. The van der Waals surface area contributed by atoms with Crippen molar-refractivity contribution in [1.82, 2.24) is 4.90 Å². The van der Waals surface area contributed by atoms with Crippen molar-refractivity contribution in [2.24, 2.45) is 23.0 Å². The number of carbonyl (C=O) groups excluding carboxylic acids is 2. The third-order valence-corrected chi connectivity index (χ3v) is 10.1. The topological polar surface area (TPSA) is 104 Å². The summed E-state index contributed by atoms with van der Waals surface area (Å²) in [6.45, 7) is 7.92. The molecule has 1 aliphatic carbocycles. The molecule has 0 aliphatic heterocycles. The summed E-state index contributed by atoms with van der Waals surface area (Å²) in [5.41, 5.74) is 3.66. The van der Waals surface area contributed by atoms with Gasteiger partial charge in [0.05, 0.1) is 12.1 Å². The number of aliphatic hydroxyl groups is 2. The first kappa shape index (κ1) is 34.1. The van der Waals surface area contributed by atoms with E-state index in [1.165, 1.54) is 0 Å². The van der Waals surface area contributed by atoms with Crippen LogP contribution in [0.2, 0.25) is 0 Å². The van der Waals surface area contributed by atoms with Gasteiger partial charge in [-0.1, -0.05) is 162 Å². The zero-order chi connectivity index (χ0) is 33.8. The molecule has 2 atom stereocenters. The first-order valence-electron chi connectivity index (χ1n) is 16.8. The van der Waals surface area contributed by atoms with E-state index in [0.29, 0.717) is 47.9 Å². The number of amides is 2. The van der Waals surface area contributed by atoms with Gasteiger partial charge in [0.1, 0.15) is 16.6 Å². The fraction of sp³-hybridized carbons (Fsp3) is 0.366. The maximum Gasteiger partial charge on any atom is 0.239 e. The molecule has 0 heterocycles. The van der Waals surface area contributed by atoms with E-state index in [0.717, 1.165) is 0 Å². The lowest BCUT2D eigenvalue weighted by atomic mass is 9.69. The van der Waals surface area contributed by atoms with Crippen molar-refractivity contribution >= 4 is 11.8 Å². The first-order valence-corrected chi connectivity index (χ1v) is 16.8. The number of hydrogen-bond donors (Lipinski definition) is 3. The molecule has 0 bridgehead atoms. The number of carbonyl (C=O) groups is 2. The molecule has 0 saturated heterocycles. The molecule has 47 heavy (non-hydrogen) atoms. The van der Waals surface area contributed by atoms with Crippen molar-refractivity contribution < 1.29 is 19.8 Å². The molecule has 1 aliphatic rings. The molecule has 246 valence electrons.